The van der Waals surface area contributed by atoms with Gasteiger partial charge in [-0.2, -0.15) is 8.78 Å². The van der Waals surface area contributed by atoms with Crippen LogP contribution in [0.15, 0.2) is 0 Å². The summed E-state index contributed by atoms with van der Waals surface area (Å²) in [7, 11) is 0. The number of ether oxygens (including phenoxy) is 1. The first-order valence-corrected chi connectivity index (χ1v) is 15.0. The summed E-state index contributed by atoms with van der Waals surface area (Å²) in [4.78, 5) is 0. The van der Waals surface area contributed by atoms with Gasteiger partial charge in [-0.25, -0.2) is 0 Å². The highest BCUT2D eigenvalue weighted by atomic mass is 19.3. The number of hydrogen-bond acceptors (Lipinski definition) is 1. The number of unbranched alkanes of at least 4 members (excludes halogenated alkanes) is 1. The molecule has 0 radical (unpaired) electrons. The Morgan fingerprint density at radius 3 is 1.88 bits per heavy atom. The summed E-state index contributed by atoms with van der Waals surface area (Å²) in [6.45, 7) is 9.18. The molecule has 0 aromatic heterocycles. The lowest BCUT2D eigenvalue weighted by atomic mass is 9.60. The molecule has 194 valence electrons. The van der Waals surface area contributed by atoms with E-state index in [1.165, 1.54) is 57.8 Å². The van der Waals surface area contributed by atoms with Crippen LogP contribution in [0.4, 0.5) is 8.78 Å². The predicted octanol–water partition coefficient (Wildman–Crippen LogP) is 10.0. The zero-order chi connectivity index (χ0) is 23.8. The predicted molar refractivity (Wildman–Crippen MR) is 135 cm³/mol. The molecule has 3 fully saturated rings. The average molecular weight is 469 g/mol. The zero-order valence-corrected chi connectivity index (χ0v) is 22.3. The van der Waals surface area contributed by atoms with E-state index in [2.05, 4.69) is 27.7 Å². The monoisotopic (exact) mass is 468 g/mol. The van der Waals surface area contributed by atoms with E-state index in [4.69, 9.17) is 4.74 Å². The second kappa shape index (κ2) is 13.2. The highest BCUT2D eigenvalue weighted by molar-refractivity contribution is 4.91. The summed E-state index contributed by atoms with van der Waals surface area (Å²) in [6.07, 6.45) is 15.8. The Kier molecular flexibility index (Phi) is 11.0. The molecule has 3 heteroatoms. The van der Waals surface area contributed by atoms with Crippen molar-refractivity contribution in [3.63, 3.8) is 0 Å². The van der Waals surface area contributed by atoms with Gasteiger partial charge in [0.05, 0.1) is 12.0 Å². The van der Waals surface area contributed by atoms with Crippen LogP contribution in [0, 0.1) is 41.4 Å². The molecule has 0 aromatic rings. The van der Waals surface area contributed by atoms with E-state index in [-0.39, 0.29) is 6.10 Å². The van der Waals surface area contributed by atoms with Crippen molar-refractivity contribution in [2.75, 3.05) is 0 Å². The third kappa shape index (κ3) is 7.40. The van der Waals surface area contributed by atoms with Gasteiger partial charge in [-0.15, -0.1) is 0 Å². The minimum atomic E-state index is -2.93. The molecule has 0 aliphatic heterocycles. The molecule has 3 aliphatic carbocycles. The summed E-state index contributed by atoms with van der Waals surface area (Å²) >= 11 is 0. The maximum Gasteiger partial charge on any atom is 0.358 e. The first kappa shape index (κ1) is 27.4. The van der Waals surface area contributed by atoms with E-state index in [1.54, 1.807) is 0 Å². The zero-order valence-electron chi connectivity index (χ0n) is 22.3. The number of alkyl halides is 2. The molecule has 0 aromatic carbocycles. The van der Waals surface area contributed by atoms with Gasteiger partial charge in [0.15, 0.2) is 0 Å². The van der Waals surface area contributed by atoms with Crippen molar-refractivity contribution < 1.29 is 13.5 Å². The molecule has 3 aliphatic rings. The van der Waals surface area contributed by atoms with Crippen molar-refractivity contribution in [2.45, 2.75) is 149 Å². The van der Waals surface area contributed by atoms with E-state index in [1.807, 2.05) is 0 Å². The van der Waals surface area contributed by atoms with Crippen LogP contribution < -0.4 is 0 Å². The van der Waals surface area contributed by atoms with Gasteiger partial charge in [0.25, 0.3) is 0 Å². The molecule has 0 heterocycles. The van der Waals surface area contributed by atoms with Gasteiger partial charge in [-0.1, -0.05) is 79.1 Å². The SMILES string of the molecule is CCCCC1CCC(C(F)(F)OC2CCC(C3CCC(CCC)CC3CC)C(CC)C2)CC1. The Morgan fingerprint density at radius 1 is 0.667 bits per heavy atom. The van der Waals surface area contributed by atoms with Crippen LogP contribution in [-0.2, 0) is 4.74 Å². The lowest BCUT2D eigenvalue weighted by molar-refractivity contribution is -0.304. The maximum absolute atomic E-state index is 15.2. The Hall–Kier alpha value is -0.180. The molecule has 33 heavy (non-hydrogen) atoms. The van der Waals surface area contributed by atoms with Crippen LogP contribution in [0.25, 0.3) is 0 Å². The van der Waals surface area contributed by atoms with Crippen LogP contribution in [0.5, 0.6) is 0 Å². The van der Waals surface area contributed by atoms with Gasteiger partial charge in [0.2, 0.25) is 0 Å². The van der Waals surface area contributed by atoms with Crippen LogP contribution >= 0.6 is 0 Å². The molecular formula is C30H54F2O. The normalized spacial score (nSPS) is 38.4. The fraction of sp³-hybridized carbons (Fsp3) is 1.00. The smallest absolute Gasteiger partial charge is 0.317 e. The van der Waals surface area contributed by atoms with Crippen LogP contribution in [0.2, 0.25) is 0 Å². The van der Waals surface area contributed by atoms with Crippen molar-refractivity contribution in [3.05, 3.63) is 0 Å². The van der Waals surface area contributed by atoms with E-state index >= 15 is 8.78 Å². The van der Waals surface area contributed by atoms with Gasteiger partial charge in [0, 0.05) is 0 Å². The second-order valence-electron chi connectivity index (χ2n) is 12.1. The highest BCUT2D eigenvalue weighted by Crippen LogP contribution is 2.50. The average Bonchev–Trinajstić information content (AvgIpc) is 2.83. The molecule has 0 amide bonds. The summed E-state index contributed by atoms with van der Waals surface area (Å²) in [5.74, 6) is 3.97. The third-order valence-electron chi connectivity index (χ3n) is 10.1. The van der Waals surface area contributed by atoms with E-state index in [0.29, 0.717) is 24.7 Å². The summed E-state index contributed by atoms with van der Waals surface area (Å²) < 4.78 is 36.0. The van der Waals surface area contributed by atoms with Crippen molar-refractivity contribution in [2.24, 2.45) is 41.4 Å². The van der Waals surface area contributed by atoms with Crippen molar-refractivity contribution >= 4 is 0 Å². The van der Waals surface area contributed by atoms with Crippen LogP contribution in [0.3, 0.4) is 0 Å². The third-order valence-corrected chi connectivity index (χ3v) is 10.1. The largest absolute Gasteiger partial charge is 0.358 e. The molecule has 6 atom stereocenters. The number of halogens is 2. The van der Waals surface area contributed by atoms with Crippen LogP contribution in [-0.4, -0.2) is 12.2 Å². The highest BCUT2D eigenvalue weighted by Gasteiger charge is 2.47. The molecule has 6 unspecified atom stereocenters. The Balaban J connectivity index is 1.52. The fourth-order valence-electron chi connectivity index (χ4n) is 8.07. The Morgan fingerprint density at radius 2 is 1.27 bits per heavy atom. The maximum atomic E-state index is 15.2. The molecule has 3 saturated carbocycles. The quantitative estimate of drug-likeness (QED) is 0.293. The first-order chi connectivity index (χ1) is 15.9. The lowest BCUT2D eigenvalue weighted by Crippen LogP contribution is -2.43. The Labute approximate surface area is 204 Å². The van der Waals surface area contributed by atoms with E-state index < -0.39 is 12.0 Å². The molecule has 0 spiro atoms. The molecule has 0 bridgehead atoms. The van der Waals surface area contributed by atoms with Gasteiger partial charge in [-0.05, 0) is 93.3 Å². The molecular weight excluding hydrogens is 414 g/mol. The van der Waals surface area contributed by atoms with Gasteiger partial charge < -0.3 is 4.74 Å². The van der Waals surface area contributed by atoms with Gasteiger partial charge in [0.1, 0.15) is 0 Å². The summed E-state index contributed by atoms with van der Waals surface area (Å²) in [6, 6.07) is 0. The molecule has 0 N–H and O–H groups in total. The fourth-order valence-corrected chi connectivity index (χ4v) is 8.07. The minimum Gasteiger partial charge on any atom is -0.317 e. The van der Waals surface area contributed by atoms with E-state index in [0.717, 1.165) is 62.2 Å². The first-order valence-electron chi connectivity index (χ1n) is 15.0. The Bertz CT molecular complexity index is 541. The molecule has 3 rings (SSSR count). The second-order valence-corrected chi connectivity index (χ2v) is 12.1. The standard InChI is InChI=1S/C30H54F2O/c1-5-9-11-22-12-15-26(16-13-22)30(31,32)33-27-17-19-29(25(8-4)21-27)28-18-14-23(10-6-2)20-24(28)7-3/h22-29H,5-21H2,1-4H3. The molecule has 0 saturated heterocycles. The molecule has 1 nitrogen and oxygen atoms in total. The number of rotatable bonds is 11. The van der Waals surface area contributed by atoms with Gasteiger partial charge >= 0.3 is 6.11 Å². The van der Waals surface area contributed by atoms with Crippen molar-refractivity contribution in [3.8, 4) is 0 Å². The number of hydrogen-bond donors (Lipinski definition) is 0. The lowest BCUT2D eigenvalue weighted by Gasteiger charge is -2.47. The van der Waals surface area contributed by atoms with Crippen LogP contribution in [0.1, 0.15) is 137 Å². The van der Waals surface area contributed by atoms with E-state index in [9.17, 15) is 0 Å². The topological polar surface area (TPSA) is 9.23 Å². The van der Waals surface area contributed by atoms with Gasteiger partial charge in [-0.3, -0.25) is 0 Å². The minimum absolute atomic E-state index is 0.240. The summed E-state index contributed by atoms with van der Waals surface area (Å²) in [5, 5.41) is 0. The van der Waals surface area contributed by atoms with Crippen molar-refractivity contribution in [1.29, 1.82) is 0 Å². The summed E-state index contributed by atoms with van der Waals surface area (Å²) in [5.41, 5.74) is 0. The van der Waals surface area contributed by atoms with Crippen molar-refractivity contribution in [1.82, 2.24) is 0 Å².